The van der Waals surface area contributed by atoms with Crippen LogP contribution in [-0.2, 0) is 23.9 Å². The van der Waals surface area contributed by atoms with Gasteiger partial charge in [-0.3, -0.25) is 24.1 Å². The molecule has 1 saturated heterocycles. The summed E-state index contributed by atoms with van der Waals surface area (Å²) >= 11 is 0. The predicted octanol–water partition coefficient (Wildman–Crippen LogP) is 1.28. The molecule has 1 aromatic rings. The first-order chi connectivity index (χ1) is 12.9. The third-order valence-corrected chi connectivity index (χ3v) is 5.55. The van der Waals surface area contributed by atoms with Gasteiger partial charge in [-0.1, -0.05) is 29.8 Å². The van der Waals surface area contributed by atoms with E-state index in [1.807, 2.05) is 31.2 Å². The van der Waals surface area contributed by atoms with Gasteiger partial charge >= 0.3 is 5.97 Å². The fraction of sp³-hybridized carbons (Fsp3) is 0.400. The van der Waals surface area contributed by atoms with Crippen molar-refractivity contribution in [2.45, 2.75) is 13.3 Å². The fourth-order valence-corrected chi connectivity index (χ4v) is 4.27. The van der Waals surface area contributed by atoms with E-state index < -0.39 is 25.0 Å². The molecule has 1 N–H and O–H groups in total. The van der Waals surface area contributed by atoms with E-state index in [4.69, 9.17) is 4.74 Å². The normalized spacial score (nSPS) is 27.8. The van der Waals surface area contributed by atoms with Gasteiger partial charge in [0.2, 0.25) is 11.8 Å². The second kappa shape index (κ2) is 6.64. The Balaban J connectivity index is 1.28. The average Bonchev–Trinajstić information content (AvgIpc) is 3.32. The highest BCUT2D eigenvalue weighted by molar-refractivity contribution is 6.08. The first-order valence-electron chi connectivity index (χ1n) is 9.00. The summed E-state index contributed by atoms with van der Waals surface area (Å²) in [4.78, 5) is 49.9. The summed E-state index contributed by atoms with van der Waals surface area (Å²) < 4.78 is 4.94. The molecule has 2 fully saturated rings. The molecule has 2 bridgehead atoms. The lowest BCUT2D eigenvalue weighted by Crippen LogP contribution is -2.38. The van der Waals surface area contributed by atoms with Crippen molar-refractivity contribution in [3.8, 4) is 0 Å². The van der Waals surface area contributed by atoms with Crippen LogP contribution in [0.25, 0.3) is 0 Å². The molecule has 0 spiro atoms. The molecule has 0 unspecified atom stereocenters. The summed E-state index contributed by atoms with van der Waals surface area (Å²) in [6.07, 6.45) is 4.83. The van der Waals surface area contributed by atoms with Crippen LogP contribution >= 0.6 is 0 Å². The van der Waals surface area contributed by atoms with Gasteiger partial charge in [-0.05, 0) is 37.3 Å². The summed E-state index contributed by atoms with van der Waals surface area (Å²) in [5.41, 5.74) is 1.66. The number of likely N-dealkylation sites (tertiary alicyclic amines) is 1. The molecule has 7 heteroatoms. The van der Waals surface area contributed by atoms with Crippen molar-refractivity contribution >= 4 is 29.4 Å². The molecule has 140 valence electrons. The summed E-state index contributed by atoms with van der Waals surface area (Å²) in [5.74, 6) is -2.35. The highest BCUT2D eigenvalue weighted by atomic mass is 16.5. The minimum Gasteiger partial charge on any atom is -0.454 e. The predicted molar refractivity (Wildman–Crippen MR) is 95.2 cm³/mol. The molecule has 0 aromatic heterocycles. The molecular formula is C20H20N2O5. The van der Waals surface area contributed by atoms with E-state index in [2.05, 4.69) is 5.32 Å². The van der Waals surface area contributed by atoms with E-state index in [1.165, 1.54) is 0 Å². The molecular weight excluding hydrogens is 348 g/mol. The zero-order valence-corrected chi connectivity index (χ0v) is 14.9. The lowest BCUT2D eigenvalue weighted by atomic mass is 9.85. The van der Waals surface area contributed by atoms with Gasteiger partial charge in [-0.2, -0.15) is 0 Å². The number of rotatable bonds is 5. The van der Waals surface area contributed by atoms with E-state index in [9.17, 15) is 19.2 Å². The van der Waals surface area contributed by atoms with Gasteiger partial charge in [0.1, 0.15) is 6.54 Å². The number of carbonyl (C=O) groups is 4. The van der Waals surface area contributed by atoms with Gasteiger partial charge in [0.15, 0.2) is 6.61 Å². The van der Waals surface area contributed by atoms with Crippen molar-refractivity contribution in [2.24, 2.45) is 23.7 Å². The zero-order chi connectivity index (χ0) is 19.1. The van der Waals surface area contributed by atoms with E-state index >= 15 is 0 Å². The van der Waals surface area contributed by atoms with Crippen LogP contribution in [0, 0.1) is 30.6 Å². The molecule has 3 aliphatic rings. The third-order valence-electron chi connectivity index (χ3n) is 5.55. The Labute approximate surface area is 156 Å². The molecule has 4 atom stereocenters. The van der Waals surface area contributed by atoms with Crippen molar-refractivity contribution < 1.29 is 23.9 Å². The molecule has 2 aliphatic carbocycles. The topological polar surface area (TPSA) is 92.8 Å². The van der Waals surface area contributed by atoms with Crippen LogP contribution in [0.15, 0.2) is 36.4 Å². The first kappa shape index (κ1) is 17.5. The second-order valence-electron chi connectivity index (χ2n) is 7.34. The number of nitrogens with zero attached hydrogens (tertiary/aromatic N) is 1. The Morgan fingerprint density at radius 1 is 1.07 bits per heavy atom. The van der Waals surface area contributed by atoms with Crippen molar-refractivity contribution in [1.29, 1.82) is 0 Å². The molecule has 1 heterocycles. The molecule has 27 heavy (non-hydrogen) atoms. The zero-order valence-electron chi connectivity index (χ0n) is 14.9. The van der Waals surface area contributed by atoms with Crippen LogP contribution in [-0.4, -0.2) is 41.7 Å². The maximum Gasteiger partial charge on any atom is 0.326 e. The maximum absolute atomic E-state index is 12.5. The SMILES string of the molecule is Cc1ccc(NC(=O)COC(=O)CN2C(=O)[C@H]3[C@H](C2=O)[C@H]2C=C[C@H]3C2)cc1. The number of imide groups is 1. The Morgan fingerprint density at radius 3 is 2.26 bits per heavy atom. The van der Waals surface area contributed by atoms with Gasteiger partial charge in [0.05, 0.1) is 11.8 Å². The molecule has 4 rings (SSSR count). The minimum atomic E-state index is -0.768. The number of amides is 3. The minimum absolute atomic E-state index is 0.0951. The van der Waals surface area contributed by atoms with Gasteiger partial charge < -0.3 is 10.1 Å². The van der Waals surface area contributed by atoms with Gasteiger partial charge in [-0.15, -0.1) is 0 Å². The number of fused-ring (bicyclic) bond motifs is 5. The Morgan fingerprint density at radius 2 is 1.67 bits per heavy atom. The summed E-state index contributed by atoms with van der Waals surface area (Å²) in [5, 5.41) is 2.62. The van der Waals surface area contributed by atoms with Crippen LogP contribution in [0.1, 0.15) is 12.0 Å². The van der Waals surface area contributed by atoms with Gasteiger partial charge in [0.25, 0.3) is 5.91 Å². The van der Waals surface area contributed by atoms with E-state index in [1.54, 1.807) is 12.1 Å². The van der Waals surface area contributed by atoms with Crippen LogP contribution < -0.4 is 5.32 Å². The number of ether oxygens (including phenoxy) is 1. The van der Waals surface area contributed by atoms with E-state index in [0.29, 0.717) is 5.69 Å². The van der Waals surface area contributed by atoms with Gasteiger partial charge in [-0.25, -0.2) is 0 Å². The van der Waals surface area contributed by atoms with Crippen molar-refractivity contribution in [2.75, 3.05) is 18.5 Å². The molecule has 1 saturated carbocycles. The lowest BCUT2D eigenvalue weighted by molar-refractivity contribution is -0.154. The van der Waals surface area contributed by atoms with E-state index in [0.717, 1.165) is 16.9 Å². The number of benzene rings is 1. The Hall–Kier alpha value is -2.96. The van der Waals surface area contributed by atoms with Crippen LogP contribution in [0.4, 0.5) is 5.69 Å². The number of hydrogen-bond donors (Lipinski definition) is 1. The summed E-state index contributed by atoms with van der Waals surface area (Å²) in [6, 6.07) is 7.20. The fourth-order valence-electron chi connectivity index (χ4n) is 4.27. The molecule has 7 nitrogen and oxygen atoms in total. The highest BCUT2D eigenvalue weighted by Gasteiger charge is 2.59. The monoisotopic (exact) mass is 368 g/mol. The van der Waals surface area contributed by atoms with Crippen molar-refractivity contribution in [3.05, 3.63) is 42.0 Å². The molecule has 3 amide bonds. The van der Waals surface area contributed by atoms with Crippen LogP contribution in [0.2, 0.25) is 0 Å². The summed E-state index contributed by atoms with van der Waals surface area (Å²) in [7, 11) is 0. The van der Waals surface area contributed by atoms with Gasteiger partial charge in [0, 0.05) is 5.69 Å². The van der Waals surface area contributed by atoms with Crippen LogP contribution in [0.5, 0.6) is 0 Å². The number of nitrogens with one attached hydrogen (secondary N) is 1. The maximum atomic E-state index is 12.5. The third kappa shape index (κ3) is 3.13. The largest absolute Gasteiger partial charge is 0.454 e. The van der Waals surface area contributed by atoms with Crippen molar-refractivity contribution in [1.82, 2.24) is 4.90 Å². The van der Waals surface area contributed by atoms with Crippen LogP contribution in [0.3, 0.4) is 0 Å². The number of allylic oxidation sites excluding steroid dienone is 2. The highest BCUT2D eigenvalue weighted by Crippen LogP contribution is 2.52. The Kier molecular flexibility index (Phi) is 4.30. The quantitative estimate of drug-likeness (QED) is 0.480. The number of hydrogen-bond acceptors (Lipinski definition) is 5. The molecule has 1 aromatic carbocycles. The lowest BCUT2D eigenvalue weighted by Gasteiger charge is -2.16. The number of carbonyl (C=O) groups excluding carboxylic acids is 4. The standard InChI is InChI=1S/C20H20N2O5/c1-11-2-6-14(7-3-11)21-15(23)10-27-16(24)9-22-19(25)17-12-4-5-13(8-12)18(17)20(22)26/h2-7,12-13,17-18H,8-10H2,1H3,(H,21,23)/t12-,13-,17+,18+/m0/s1. The molecule has 1 aliphatic heterocycles. The van der Waals surface area contributed by atoms with E-state index in [-0.39, 0.29) is 35.5 Å². The number of anilines is 1. The number of aryl methyl sites for hydroxylation is 1. The summed E-state index contributed by atoms with van der Waals surface area (Å²) in [6.45, 7) is 1.02. The average molecular weight is 368 g/mol. The first-order valence-corrected chi connectivity index (χ1v) is 9.00. The molecule has 0 radical (unpaired) electrons. The Bertz CT molecular complexity index is 814. The smallest absolute Gasteiger partial charge is 0.326 e. The number of esters is 1. The second-order valence-corrected chi connectivity index (χ2v) is 7.34. The van der Waals surface area contributed by atoms with Crippen molar-refractivity contribution in [3.63, 3.8) is 0 Å².